The lowest BCUT2D eigenvalue weighted by Gasteiger charge is -2.40. The fourth-order valence-corrected chi connectivity index (χ4v) is 9.53. The maximum atomic E-state index is 13.0. The van der Waals surface area contributed by atoms with Crippen LogP contribution in [0.1, 0.15) is 284 Å². The molecule has 7 unspecified atom stereocenters. The summed E-state index contributed by atoms with van der Waals surface area (Å²) in [5.74, 6) is -0.203. The fourth-order valence-electron chi connectivity index (χ4n) is 9.53. The van der Waals surface area contributed by atoms with Crippen molar-refractivity contribution in [1.29, 1.82) is 0 Å². The van der Waals surface area contributed by atoms with Crippen LogP contribution in [0.15, 0.2) is 36.5 Å². The third-order valence-corrected chi connectivity index (χ3v) is 14.5. The molecule has 0 aliphatic carbocycles. The first kappa shape index (κ1) is 68.9. The number of amides is 1. The Morgan fingerprint density at radius 3 is 1.36 bits per heavy atom. The van der Waals surface area contributed by atoms with E-state index in [0.717, 1.165) is 77.0 Å². The van der Waals surface area contributed by atoms with Crippen LogP contribution in [0.4, 0.5) is 0 Å². The van der Waals surface area contributed by atoms with Crippen LogP contribution in [0, 0.1) is 0 Å². The van der Waals surface area contributed by atoms with Gasteiger partial charge in [-0.25, -0.2) is 0 Å². The Hall–Kier alpha value is -2.12. The first-order valence-corrected chi connectivity index (χ1v) is 30.8. The molecule has 1 saturated heterocycles. The number of aliphatic hydroxyl groups excluding tert-OH is 5. The summed E-state index contributed by atoms with van der Waals surface area (Å²) in [6.45, 7) is 4.30. The van der Waals surface area contributed by atoms with Gasteiger partial charge in [0.2, 0.25) is 5.91 Å². The molecule has 428 valence electrons. The molecule has 0 spiro atoms. The number of hydrogen-bond acceptors (Lipinski definition) is 10. The number of nitrogens with one attached hydrogen (secondary N) is 1. The SMILES string of the molecule is CCCC/C=C\CCCCCCCC(=O)OCCCCCCCCCCCCC/C=C\CCCCCCCCCC(=O)NC(COC1OC(CO)C(O)C(O)C1O)C(O)/C=C/CCCCCCCCCCCC. The highest BCUT2D eigenvalue weighted by molar-refractivity contribution is 5.76. The van der Waals surface area contributed by atoms with Gasteiger partial charge in [0.05, 0.1) is 32.0 Å². The van der Waals surface area contributed by atoms with Gasteiger partial charge < -0.3 is 45.1 Å². The zero-order valence-electron chi connectivity index (χ0n) is 47.1. The van der Waals surface area contributed by atoms with Crippen LogP contribution in [-0.2, 0) is 23.8 Å². The number of rotatable bonds is 53. The molecule has 0 aromatic carbocycles. The van der Waals surface area contributed by atoms with E-state index in [4.69, 9.17) is 14.2 Å². The summed E-state index contributed by atoms with van der Waals surface area (Å²) in [7, 11) is 0. The lowest BCUT2D eigenvalue weighted by Crippen LogP contribution is -2.60. The highest BCUT2D eigenvalue weighted by Gasteiger charge is 2.44. The summed E-state index contributed by atoms with van der Waals surface area (Å²) in [5, 5.41) is 54.4. The zero-order valence-corrected chi connectivity index (χ0v) is 47.1. The molecule has 73 heavy (non-hydrogen) atoms. The Morgan fingerprint density at radius 1 is 0.493 bits per heavy atom. The third-order valence-electron chi connectivity index (χ3n) is 14.5. The first-order valence-electron chi connectivity index (χ1n) is 30.8. The van der Waals surface area contributed by atoms with E-state index in [2.05, 4.69) is 43.5 Å². The van der Waals surface area contributed by atoms with E-state index in [-0.39, 0.29) is 18.5 Å². The molecule has 11 nitrogen and oxygen atoms in total. The predicted octanol–water partition coefficient (Wildman–Crippen LogP) is 14.3. The van der Waals surface area contributed by atoms with Crippen LogP contribution >= 0.6 is 0 Å². The van der Waals surface area contributed by atoms with Crippen LogP contribution in [0.25, 0.3) is 0 Å². The molecule has 1 aliphatic rings. The van der Waals surface area contributed by atoms with Gasteiger partial charge in [-0.15, -0.1) is 0 Å². The molecule has 1 aliphatic heterocycles. The highest BCUT2D eigenvalue weighted by atomic mass is 16.7. The number of carbonyl (C=O) groups is 2. The van der Waals surface area contributed by atoms with Gasteiger partial charge in [0.15, 0.2) is 6.29 Å². The quantitative estimate of drug-likeness (QED) is 0.0195. The van der Waals surface area contributed by atoms with E-state index >= 15 is 0 Å². The van der Waals surface area contributed by atoms with E-state index in [0.29, 0.717) is 19.4 Å². The molecule has 1 heterocycles. The maximum Gasteiger partial charge on any atom is 0.305 e. The summed E-state index contributed by atoms with van der Waals surface area (Å²) in [4.78, 5) is 25.0. The minimum atomic E-state index is -1.57. The number of esters is 1. The van der Waals surface area contributed by atoms with Crippen molar-refractivity contribution in [1.82, 2.24) is 5.32 Å². The van der Waals surface area contributed by atoms with Crippen molar-refractivity contribution in [2.45, 2.75) is 326 Å². The first-order chi connectivity index (χ1) is 35.7. The van der Waals surface area contributed by atoms with E-state index in [1.165, 1.54) is 180 Å². The van der Waals surface area contributed by atoms with E-state index in [9.17, 15) is 35.1 Å². The number of hydrogen-bond donors (Lipinski definition) is 6. The van der Waals surface area contributed by atoms with Crippen molar-refractivity contribution in [2.75, 3.05) is 19.8 Å². The molecule has 0 bridgehead atoms. The minimum absolute atomic E-state index is 0.0138. The van der Waals surface area contributed by atoms with E-state index in [1.54, 1.807) is 6.08 Å². The second kappa shape index (κ2) is 52.0. The van der Waals surface area contributed by atoms with Crippen LogP contribution in [0.5, 0.6) is 0 Å². The molecule has 11 heteroatoms. The lowest BCUT2D eigenvalue weighted by atomic mass is 9.99. The van der Waals surface area contributed by atoms with Gasteiger partial charge in [0, 0.05) is 12.8 Å². The summed E-state index contributed by atoms with van der Waals surface area (Å²) in [6, 6.07) is -0.815. The Labute approximate surface area is 447 Å². The van der Waals surface area contributed by atoms with Crippen molar-refractivity contribution < 1.29 is 49.3 Å². The Kier molecular flexibility index (Phi) is 49.0. The minimum Gasteiger partial charge on any atom is -0.466 e. The maximum absolute atomic E-state index is 13.0. The number of aliphatic hydroxyl groups is 5. The lowest BCUT2D eigenvalue weighted by molar-refractivity contribution is -0.302. The summed E-state index contributed by atoms with van der Waals surface area (Å²) < 4.78 is 16.7. The average Bonchev–Trinajstić information content (AvgIpc) is 3.39. The van der Waals surface area contributed by atoms with Crippen molar-refractivity contribution in [2.24, 2.45) is 0 Å². The molecule has 0 aromatic rings. The molecule has 0 radical (unpaired) electrons. The topological polar surface area (TPSA) is 175 Å². The van der Waals surface area contributed by atoms with Gasteiger partial charge >= 0.3 is 5.97 Å². The molecule has 7 atom stereocenters. The van der Waals surface area contributed by atoms with Crippen molar-refractivity contribution >= 4 is 11.9 Å². The normalized spacial score (nSPS) is 19.1. The van der Waals surface area contributed by atoms with Gasteiger partial charge in [-0.05, 0) is 77.0 Å². The fraction of sp³-hybridized carbons (Fsp3) is 0.871. The molecule has 1 rings (SSSR count). The van der Waals surface area contributed by atoms with Crippen LogP contribution in [-0.4, -0.2) is 100 Å². The van der Waals surface area contributed by atoms with Gasteiger partial charge in [0.1, 0.15) is 24.4 Å². The van der Waals surface area contributed by atoms with Crippen molar-refractivity contribution in [3.63, 3.8) is 0 Å². The number of unbranched alkanes of at least 4 members (excludes halogenated alkanes) is 35. The predicted molar refractivity (Wildman–Crippen MR) is 301 cm³/mol. The van der Waals surface area contributed by atoms with Crippen LogP contribution in [0.2, 0.25) is 0 Å². The molecule has 1 fully saturated rings. The summed E-state index contributed by atoms with van der Waals surface area (Å²) >= 11 is 0. The third kappa shape index (κ3) is 41.7. The van der Waals surface area contributed by atoms with Gasteiger partial charge in [0.25, 0.3) is 0 Å². The summed E-state index contributed by atoms with van der Waals surface area (Å²) in [5.41, 5.74) is 0. The largest absolute Gasteiger partial charge is 0.466 e. The smallest absolute Gasteiger partial charge is 0.305 e. The van der Waals surface area contributed by atoms with E-state index < -0.39 is 49.5 Å². The molecule has 0 aromatic heterocycles. The molecule has 1 amide bonds. The zero-order chi connectivity index (χ0) is 53.1. The monoisotopic (exact) mass is 1030 g/mol. The average molecular weight is 1030 g/mol. The molecular weight excluding hydrogens is 919 g/mol. The second-order valence-corrected chi connectivity index (χ2v) is 21.4. The van der Waals surface area contributed by atoms with Gasteiger partial charge in [-0.2, -0.15) is 0 Å². The highest BCUT2D eigenvalue weighted by Crippen LogP contribution is 2.23. The number of allylic oxidation sites excluding steroid dienone is 5. The number of ether oxygens (including phenoxy) is 3. The van der Waals surface area contributed by atoms with Crippen LogP contribution < -0.4 is 5.32 Å². The Bertz CT molecular complexity index is 1310. The Balaban J connectivity index is 2.06. The van der Waals surface area contributed by atoms with Crippen molar-refractivity contribution in [3.05, 3.63) is 36.5 Å². The van der Waals surface area contributed by atoms with Gasteiger partial charge in [-0.1, -0.05) is 230 Å². The summed E-state index contributed by atoms with van der Waals surface area (Å²) in [6.07, 6.45) is 53.8. The second-order valence-electron chi connectivity index (χ2n) is 21.4. The Morgan fingerprint density at radius 2 is 0.890 bits per heavy atom. The standard InChI is InChI=1S/C62H115NO10/c1-3-5-7-9-11-13-15-29-32-36-40-44-48-55(65)54(53-72-62-61(70)60(69)59(68)56(52-64)73-62)63-57(66)49-45-41-37-33-30-26-24-22-20-18-16-17-19-21-23-25-27-31-35-39-43-47-51-71-58(67)50-46-42-38-34-28-14-12-10-8-6-4-2/h10,12,18,20,44,48,54-56,59-62,64-65,68-70H,3-9,11,13-17,19,21-43,45-47,49-53H2,1-2H3,(H,63,66)/b12-10-,20-18-,48-44+. The van der Waals surface area contributed by atoms with E-state index in [1.807, 2.05) is 6.08 Å². The molecule has 0 saturated carbocycles. The molecule has 6 N–H and O–H groups in total. The van der Waals surface area contributed by atoms with Crippen LogP contribution in [0.3, 0.4) is 0 Å². The number of carbonyl (C=O) groups excluding carboxylic acids is 2. The molecular formula is C62H115NO10. The van der Waals surface area contributed by atoms with Gasteiger partial charge in [-0.3, -0.25) is 9.59 Å². The van der Waals surface area contributed by atoms with Crippen molar-refractivity contribution in [3.8, 4) is 0 Å².